The van der Waals surface area contributed by atoms with E-state index >= 15 is 0 Å². The molecule has 118 valence electrons. The lowest BCUT2D eigenvalue weighted by molar-refractivity contribution is -0.257. The normalized spacial score (nSPS) is 31.6. The molecule has 1 spiro atoms. The van der Waals surface area contributed by atoms with E-state index < -0.39 is 24.2 Å². The molecule has 0 aromatic rings. The van der Waals surface area contributed by atoms with Gasteiger partial charge in [-0.3, -0.25) is 0 Å². The molecule has 0 radical (unpaired) electrons. The number of halogens is 3. The van der Waals surface area contributed by atoms with E-state index in [0.717, 1.165) is 6.92 Å². The average molecular weight is 297 g/mol. The van der Waals surface area contributed by atoms with Crippen molar-refractivity contribution >= 4 is 0 Å². The molecule has 4 nitrogen and oxygen atoms in total. The van der Waals surface area contributed by atoms with Gasteiger partial charge in [-0.05, 0) is 19.9 Å². The van der Waals surface area contributed by atoms with Crippen LogP contribution in [-0.2, 0) is 14.2 Å². The van der Waals surface area contributed by atoms with Gasteiger partial charge in [0.25, 0.3) is 0 Å². The number of ether oxygens (including phenoxy) is 3. The van der Waals surface area contributed by atoms with Gasteiger partial charge in [-0.15, -0.1) is 0 Å². The highest BCUT2D eigenvalue weighted by Gasteiger charge is 2.48. The van der Waals surface area contributed by atoms with Crippen LogP contribution in [0, 0.1) is 0 Å². The lowest BCUT2D eigenvalue weighted by Crippen LogP contribution is -2.53. The summed E-state index contributed by atoms with van der Waals surface area (Å²) in [5, 5.41) is 3.19. The topological polar surface area (TPSA) is 39.7 Å². The zero-order valence-corrected chi connectivity index (χ0v) is 11.8. The predicted octanol–water partition coefficient (Wildman–Crippen LogP) is 2.23. The van der Waals surface area contributed by atoms with E-state index in [9.17, 15) is 13.2 Å². The summed E-state index contributed by atoms with van der Waals surface area (Å²) in [6.07, 6.45) is -4.98. The van der Waals surface area contributed by atoms with Gasteiger partial charge in [0.05, 0.1) is 19.3 Å². The molecule has 1 aliphatic heterocycles. The maximum atomic E-state index is 12.7. The maximum Gasteiger partial charge on any atom is 0.414 e. The predicted molar refractivity (Wildman–Crippen MR) is 66.3 cm³/mol. The van der Waals surface area contributed by atoms with Gasteiger partial charge in [0.2, 0.25) is 0 Å². The molecule has 1 saturated heterocycles. The zero-order valence-electron chi connectivity index (χ0n) is 11.8. The Hall–Kier alpha value is -0.370. The van der Waals surface area contributed by atoms with Crippen molar-refractivity contribution in [2.45, 2.75) is 63.3 Å². The molecule has 0 amide bonds. The zero-order chi connectivity index (χ0) is 14.8. The SMILES string of the molecule is CCNC1CCC2(CC1OC(C)C(F)(F)F)OCCO2. The standard InChI is InChI=1S/C13H22F3NO3/c1-3-17-10-4-5-12(18-6-7-19-12)8-11(10)20-9(2)13(14,15)16/h9-11,17H,3-8H2,1-2H3. The number of alkyl halides is 3. The van der Waals surface area contributed by atoms with Crippen LogP contribution in [0.25, 0.3) is 0 Å². The molecule has 1 aliphatic carbocycles. The van der Waals surface area contributed by atoms with Crippen molar-refractivity contribution in [3.8, 4) is 0 Å². The van der Waals surface area contributed by atoms with E-state index in [2.05, 4.69) is 5.32 Å². The van der Waals surface area contributed by atoms with Crippen LogP contribution in [0.5, 0.6) is 0 Å². The van der Waals surface area contributed by atoms with Crippen molar-refractivity contribution in [1.82, 2.24) is 5.32 Å². The van der Waals surface area contributed by atoms with Crippen LogP contribution in [0.3, 0.4) is 0 Å². The summed E-state index contributed by atoms with van der Waals surface area (Å²) in [5.41, 5.74) is 0. The van der Waals surface area contributed by atoms with Crippen LogP contribution < -0.4 is 5.32 Å². The molecule has 0 aromatic heterocycles. The lowest BCUT2D eigenvalue weighted by Gasteiger charge is -2.42. The Morgan fingerprint density at radius 1 is 1.35 bits per heavy atom. The van der Waals surface area contributed by atoms with Crippen molar-refractivity contribution in [1.29, 1.82) is 0 Å². The molecule has 0 aromatic carbocycles. The first kappa shape index (κ1) is 16.0. The molecular weight excluding hydrogens is 275 g/mol. The molecule has 1 N–H and O–H groups in total. The Bertz CT molecular complexity index is 318. The van der Waals surface area contributed by atoms with Crippen molar-refractivity contribution < 1.29 is 27.4 Å². The molecule has 0 bridgehead atoms. The fraction of sp³-hybridized carbons (Fsp3) is 1.00. The monoisotopic (exact) mass is 297 g/mol. The van der Waals surface area contributed by atoms with Crippen LogP contribution in [-0.4, -0.2) is 50.0 Å². The van der Waals surface area contributed by atoms with E-state index in [0.29, 0.717) is 39.0 Å². The smallest absolute Gasteiger partial charge is 0.364 e. The highest BCUT2D eigenvalue weighted by molar-refractivity contribution is 4.93. The molecule has 7 heteroatoms. The second-order valence-electron chi connectivity index (χ2n) is 5.37. The summed E-state index contributed by atoms with van der Waals surface area (Å²) >= 11 is 0. The largest absolute Gasteiger partial charge is 0.414 e. The highest BCUT2D eigenvalue weighted by Crippen LogP contribution is 2.38. The third kappa shape index (κ3) is 3.63. The summed E-state index contributed by atoms with van der Waals surface area (Å²) in [4.78, 5) is 0. The van der Waals surface area contributed by atoms with Crippen molar-refractivity contribution in [3.63, 3.8) is 0 Å². The van der Waals surface area contributed by atoms with Gasteiger partial charge in [0, 0.05) is 18.9 Å². The maximum absolute atomic E-state index is 12.7. The van der Waals surface area contributed by atoms with E-state index in [1.807, 2.05) is 6.92 Å². The van der Waals surface area contributed by atoms with Crippen LogP contribution in [0.15, 0.2) is 0 Å². The highest BCUT2D eigenvalue weighted by atomic mass is 19.4. The second kappa shape index (κ2) is 6.17. The number of hydrogen-bond donors (Lipinski definition) is 1. The second-order valence-corrected chi connectivity index (χ2v) is 5.37. The summed E-state index contributed by atoms with van der Waals surface area (Å²) in [7, 11) is 0. The van der Waals surface area contributed by atoms with Gasteiger partial charge in [-0.1, -0.05) is 6.92 Å². The van der Waals surface area contributed by atoms with Gasteiger partial charge >= 0.3 is 6.18 Å². The molecule has 20 heavy (non-hydrogen) atoms. The Morgan fingerprint density at radius 3 is 2.55 bits per heavy atom. The molecule has 3 atom stereocenters. The quantitative estimate of drug-likeness (QED) is 0.864. The van der Waals surface area contributed by atoms with E-state index in [4.69, 9.17) is 14.2 Å². The van der Waals surface area contributed by atoms with Crippen molar-refractivity contribution in [2.75, 3.05) is 19.8 Å². The Balaban J connectivity index is 2.02. The Kier molecular flexibility index (Phi) is 4.94. The Morgan fingerprint density at radius 2 is 2.00 bits per heavy atom. The van der Waals surface area contributed by atoms with Crippen LogP contribution >= 0.6 is 0 Å². The van der Waals surface area contributed by atoms with Gasteiger partial charge in [-0.2, -0.15) is 13.2 Å². The summed E-state index contributed by atoms with van der Waals surface area (Å²) in [6.45, 7) is 4.65. The minimum absolute atomic E-state index is 0.0942. The molecule has 1 heterocycles. The minimum Gasteiger partial charge on any atom is -0.364 e. The average Bonchev–Trinajstić information content (AvgIpc) is 2.80. The first-order valence-corrected chi connectivity index (χ1v) is 7.10. The van der Waals surface area contributed by atoms with E-state index in [-0.39, 0.29) is 6.04 Å². The third-order valence-electron chi connectivity index (χ3n) is 3.92. The summed E-state index contributed by atoms with van der Waals surface area (Å²) in [5.74, 6) is -0.748. The molecule has 2 rings (SSSR count). The van der Waals surface area contributed by atoms with Crippen LogP contribution in [0.2, 0.25) is 0 Å². The number of likely N-dealkylation sites (N-methyl/N-ethyl adjacent to an activating group) is 1. The molecule has 2 fully saturated rings. The summed E-state index contributed by atoms with van der Waals surface area (Å²) in [6, 6.07) is -0.0942. The molecule has 1 saturated carbocycles. The fourth-order valence-electron chi connectivity index (χ4n) is 2.85. The van der Waals surface area contributed by atoms with Crippen LogP contribution in [0.4, 0.5) is 13.2 Å². The fourth-order valence-corrected chi connectivity index (χ4v) is 2.85. The van der Waals surface area contributed by atoms with E-state index in [1.54, 1.807) is 0 Å². The first-order valence-electron chi connectivity index (χ1n) is 7.10. The number of nitrogens with one attached hydrogen (secondary N) is 1. The van der Waals surface area contributed by atoms with Crippen molar-refractivity contribution in [2.24, 2.45) is 0 Å². The van der Waals surface area contributed by atoms with Gasteiger partial charge < -0.3 is 19.5 Å². The van der Waals surface area contributed by atoms with E-state index in [1.165, 1.54) is 0 Å². The number of rotatable bonds is 4. The number of hydrogen-bond acceptors (Lipinski definition) is 4. The van der Waals surface area contributed by atoms with Gasteiger partial charge in [0.15, 0.2) is 11.9 Å². The minimum atomic E-state index is -4.35. The molecular formula is C13H22F3NO3. The molecule has 2 aliphatic rings. The summed E-state index contributed by atoms with van der Waals surface area (Å²) < 4.78 is 54.5. The van der Waals surface area contributed by atoms with Crippen LogP contribution in [0.1, 0.15) is 33.1 Å². The molecule has 3 unspecified atom stereocenters. The third-order valence-corrected chi connectivity index (χ3v) is 3.92. The lowest BCUT2D eigenvalue weighted by atomic mass is 9.87. The van der Waals surface area contributed by atoms with Gasteiger partial charge in [-0.25, -0.2) is 0 Å². The van der Waals surface area contributed by atoms with Gasteiger partial charge in [0.1, 0.15) is 0 Å². The Labute approximate surface area is 116 Å². The first-order chi connectivity index (χ1) is 9.36. The van der Waals surface area contributed by atoms with Crippen molar-refractivity contribution in [3.05, 3.63) is 0 Å².